The third-order valence-corrected chi connectivity index (χ3v) is 13.2. The molecule has 0 aromatic heterocycles. The number of benzene rings is 4. The van der Waals surface area contributed by atoms with Crippen LogP contribution in [0.3, 0.4) is 0 Å². The van der Waals surface area contributed by atoms with Gasteiger partial charge in [-0.15, -0.1) is 0 Å². The summed E-state index contributed by atoms with van der Waals surface area (Å²) in [7, 11) is -6.01. The first-order valence-corrected chi connectivity index (χ1v) is 15.4. The first kappa shape index (κ1) is 23.1. The molecule has 1 saturated heterocycles. The monoisotopic (exact) mass is 485 g/mol. The molecule has 0 N–H and O–H groups in total. The lowest BCUT2D eigenvalue weighted by Crippen LogP contribution is -2.39. The van der Waals surface area contributed by atoms with Crippen LogP contribution in [0.25, 0.3) is 0 Å². The smallest absolute Gasteiger partial charge is 0.207 e. The highest BCUT2D eigenvalue weighted by Gasteiger charge is 2.44. The molecule has 0 bridgehead atoms. The van der Waals surface area contributed by atoms with E-state index in [1.54, 1.807) is 0 Å². The maximum atomic E-state index is 15.0. The molecule has 4 aromatic rings. The first-order chi connectivity index (χ1) is 16.6. The summed E-state index contributed by atoms with van der Waals surface area (Å²) in [5, 5.41) is 3.40. The summed E-state index contributed by atoms with van der Waals surface area (Å²) in [4.78, 5) is 0. The summed E-state index contributed by atoms with van der Waals surface area (Å²) < 4.78 is 32.0. The molecule has 1 fully saturated rings. The number of rotatable bonds is 7. The van der Waals surface area contributed by atoms with Crippen LogP contribution in [-0.4, -0.2) is 23.4 Å². The van der Waals surface area contributed by atoms with E-state index in [1.165, 1.54) is 0 Å². The van der Waals surface area contributed by atoms with E-state index in [9.17, 15) is 4.57 Å². The van der Waals surface area contributed by atoms with E-state index in [2.05, 4.69) is 4.67 Å². The van der Waals surface area contributed by atoms with Crippen molar-refractivity contribution in [2.24, 2.45) is 0 Å². The van der Waals surface area contributed by atoms with Crippen molar-refractivity contribution in [1.29, 1.82) is 0 Å². The van der Waals surface area contributed by atoms with Crippen LogP contribution in [0.1, 0.15) is 12.8 Å². The average Bonchev–Trinajstić information content (AvgIpc) is 3.38. The van der Waals surface area contributed by atoms with Gasteiger partial charge >= 0.3 is 0 Å². The summed E-state index contributed by atoms with van der Waals surface area (Å²) >= 11 is 0. The molecule has 34 heavy (non-hydrogen) atoms. The van der Waals surface area contributed by atoms with Gasteiger partial charge in [-0.1, -0.05) is 97.1 Å². The summed E-state index contributed by atoms with van der Waals surface area (Å²) in [5.74, 6) is 0. The molecule has 0 saturated carbocycles. The van der Waals surface area contributed by atoms with Crippen molar-refractivity contribution < 1.29 is 9.13 Å². The second kappa shape index (κ2) is 9.88. The third-order valence-electron chi connectivity index (χ3n) is 6.73. The van der Waals surface area contributed by atoms with Gasteiger partial charge in [0.05, 0.1) is 0 Å². The van der Waals surface area contributed by atoms with Crippen molar-refractivity contribution in [1.82, 2.24) is 4.67 Å². The highest BCUT2D eigenvalue weighted by Crippen LogP contribution is 2.55. The van der Waals surface area contributed by atoms with E-state index in [4.69, 9.17) is 0 Å². The summed E-state index contributed by atoms with van der Waals surface area (Å²) in [6.45, 7) is 0.731. The molecular weight excluding hydrogens is 456 g/mol. The Balaban J connectivity index is 1.60. The molecule has 0 unspecified atom stereocenters. The largest absolute Gasteiger partial charge is 0.314 e. The topological polar surface area (TPSA) is 37.4 Å². The Morgan fingerprint density at radius 2 is 0.971 bits per heavy atom. The van der Waals surface area contributed by atoms with Gasteiger partial charge in [-0.2, -0.15) is 0 Å². The zero-order valence-corrected chi connectivity index (χ0v) is 20.9. The molecule has 172 valence electrons. The molecule has 0 spiro atoms. The maximum absolute atomic E-state index is 15.0. The second-order valence-corrected chi connectivity index (χ2v) is 14.4. The molecule has 1 aliphatic rings. The minimum absolute atomic E-state index is 0.0440. The number of hydrogen-bond acceptors (Lipinski definition) is 2. The third kappa shape index (κ3) is 4.25. The Morgan fingerprint density at radius 3 is 1.38 bits per heavy atom. The lowest BCUT2D eigenvalue weighted by molar-refractivity contribution is 0.419. The fourth-order valence-electron chi connectivity index (χ4n) is 5.08. The van der Waals surface area contributed by atoms with Gasteiger partial charge < -0.3 is 4.57 Å². The first-order valence-electron chi connectivity index (χ1n) is 11.8. The minimum atomic E-state index is -3.08. The molecule has 0 amide bonds. The van der Waals surface area contributed by atoms with Gasteiger partial charge in [0.2, 0.25) is 7.29 Å². The van der Waals surface area contributed by atoms with Crippen LogP contribution >= 0.6 is 14.4 Å². The predicted molar refractivity (Wildman–Crippen MR) is 144 cm³/mol. The molecule has 0 radical (unpaired) electrons. The SMILES string of the molecule is O=P(C[C@@H]1CCCN1P(=O)(c1ccccc1)c1ccccc1)(c1ccccc1)c1ccccc1. The summed E-state index contributed by atoms with van der Waals surface area (Å²) in [6.07, 6.45) is 2.30. The molecule has 5 rings (SSSR count). The van der Waals surface area contributed by atoms with Gasteiger partial charge in [0, 0.05) is 40.0 Å². The zero-order chi connectivity index (χ0) is 23.4. The van der Waals surface area contributed by atoms with Crippen LogP contribution in [0.5, 0.6) is 0 Å². The molecule has 0 aliphatic carbocycles. The van der Waals surface area contributed by atoms with Crippen molar-refractivity contribution in [3.05, 3.63) is 121 Å². The quantitative estimate of drug-likeness (QED) is 0.329. The van der Waals surface area contributed by atoms with Gasteiger partial charge in [0.25, 0.3) is 0 Å². The summed E-state index contributed by atoms with van der Waals surface area (Å²) in [6, 6.07) is 39.2. The number of nitrogens with zero attached hydrogens (tertiary/aromatic N) is 1. The Bertz CT molecular complexity index is 1220. The van der Waals surface area contributed by atoms with Crippen molar-refractivity contribution in [2.75, 3.05) is 12.7 Å². The molecular formula is C29H29NO2P2. The van der Waals surface area contributed by atoms with Crippen LogP contribution in [0, 0.1) is 0 Å². The second-order valence-electron chi connectivity index (χ2n) is 8.80. The van der Waals surface area contributed by atoms with Crippen LogP contribution in [0.2, 0.25) is 0 Å². The number of hydrogen-bond donors (Lipinski definition) is 0. The Hall–Kier alpha value is -2.70. The normalized spacial score (nSPS) is 17.0. The minimum Gasteiger partial charge on any atom is -0.314 e. The van der Waals surface area contributed by atoms with Crippen molar-refractivity contribution >= 4 is 35.7 Å². The molecule has 1 aliphatic heterocycles. The van der Waals surface area contributed by atoms with Crippen LogP contribution in [0.15, 0.2) is 121 Å². The van der Waals surface area contributed by atoms with Gasteiger partial charge in [0.15, 0.2) is 0 Å². The van der Waals surface area contributed by atoms with E-state index < -0.39 is 14.4 Å². The molecule has 1 atom stereocenters. The Kier molecular flexibility index (Phi) is 6.70. The fraction of sp³-hybridized carbons (Fsp3) is 0.172. The highest BCUT2D eigenvalue weighted by molar-refractivity contribution is 7.79. The molecule has 5 heteroatoms. The zero-order valence-electron chi connectivity index (χ0n) is 19.1. The van der Waals surface area contributed by atoms with Gasteiger partial charge in [0.1, 0.15) is 7.14 Å². The van der Waals surface area contributed by atoms with Crippen molar-refractivity contribution in [3.63, 3.8) is 0 Å². The highest BCUT2D eigenvalue weighted by atomic mass is 31.2. The van der Waals surface area contributed by atoms with Crippen LogP contribution in [-0.2, 0) is 9.13 Å². The Morgan fingerprint density at radius 1 is 0.588 bits per heavy atom. The molecule has 1 heterocycles. The lowest BCUT2D eigenvalue weighted by atomic mass is 10.3. The fourth-order valence-corrected chi connectivity index (χ4v) is 11.3. The van der Waals surface area contributed by atoms with E-state index in [1.807, 2.05) is 121 Å². The van der Waals surface area contributed by atoms with E-state index in [0.29, 0.717) is 6.16 Å². The standard InChI is InChI=1S/C29H29NO2P2/c31-33(26-15-5-1-6-16-26,27-17-7-2-8-18-27)24-25-14-13-23-30(25)34(32,28-19-9-3-10-20-28)29-21-11-4-12-22-29/h1-12,15-22,25H,13-14,23-24H2/t25-/m0/s1. The van der Waals surface area contributed by atoms with Crippen molar-refractivity contribution in [2.45, 2.75) is 18.9 Å². The summed E-state index contributed by atoms with van der Waals surface area (Å²) in [5.41, 5.74) is 0. The van der Waals surface area contributed by atoms with Crippen LogP contribution < -0.4 is 21.2 Å². The molecule has 3 nitrogen and oxygen atoms in total. The predicted octanol–water partition coefficient (Wildman–Crippen LogP) is 5.39. The van der Waals surface area contributed by atoms with Gasteiger partial charge in [-0.3, -0.25) is 4.57 Å². The Labute approximate surface area is 202 Å². The van der Waals surface area contributed by atoms with E-state index in [0.717, 1.165) is 40.6 Å². The van der Waals surface area contributed by atoms with Crippen LogP contribution in [0.4, 0.5) is 0 Å². The van der Waals surface area contributed by atoms with E-state index in [-0.39, 0.29) is 6.04 Å². The van der Waals surface area contributed by atoms with Gasteiger partial charge in [-0.05, 0) is 37.1 Å². The van der Waals surface area contributed by atoms with Crippen molar-refractivity contribution in [3.8, 4) is 0 Å². The molecule has 4 aromatic carbocycles. The maximum Gasteiger partial charge on any atom is 0.207 e. The lowest BCUT2D eigenvalue weighted by Gasteiger charge is -2.35. The van der Waals surface area contributed by atoms with Gasteiger partial charge in [-0.25, -0.2) is 4.67 Å². The average molecular weight is 486 g/mol. The van der Waals surface area contributed by atoms with E-state index >= 15 is 4.57 Å².